The molecular formula is C13H16N2O4. The van der Waals surface area contributed by atoms with Gasteiger partial charge in [0.05, 0.1) is 0 Å². The fraction of sp³-hybridized carbons (Fsp3) is 0.308. The lowest BCUT2D eigenvalue weighted by molar-refractivity contribution is -0.152. The van der Waals surface area contributed by atoms with Crippen LogP contribution in [0, 0.1) is 6.92 Å². The van der Waals surface area contributed by atoms with Crippen molar-refractivity contribution in [2.45, 2.75) is 20.0 Å². The minimum Gasteiger partial charge on any atom is -0.451 e. The molecule has 0 spiro atoms. The quantitative estimate of drug-likeness (QED) is 0.739. The highest BCUT2D eigenvalue weighted by Crippen LogP contribution is 2.03. The Morgan fingerprint density at radius 2 is 2.05 bits per heavy atom. The molecule has 0 aromatic heterocycles. The summed E-state index contributed by atoms with van der Waals surface area (Å²) in [7, 11) is 0. The Labute approximate surface area is 110 Å². The van der Waals surface area contributed by atoms with E-state index in [-0.39, 0.29) is 12.5 Å². The average Bonchev–Trinajstić information content (AvgIpc) is 2.35. The highest BCUT2D eigenvalue weighted by molar-refractivity contribution is 5.96. The third-order valence-electron chi connectivity index (χ3n) is 2.38. The third-order valence-corrected chi connectivity index (χ3v) is 2.38. The average molecular weight is 264 g/mol. The van der Waals surface area contributed by atoms with Crippen LogP contribution < -0.4 is 11.1 Å². The molecule has 0 bridgehead atoms. The Balaban J connectivity index is 2.46. The monoisotopic (exact) mass is 264 g/mol. The normalized spacial score (nSPS) is 11.5. The summed E-state index contributed by atoms with van der Waals surface area (Å²) in [5.74, 6) is -1.84. The largest absolute Gasteiger partial charge is 0.451 e. The maximum absolute atomic E-state index is 11.7. The van der Waals surface area contributed by atoms with E-state index in [1.807, 2.05) is 13.0 Å². The predicted molar refractivity (Wildman–Crippen MR) is 68.3 cm³/mol. The Bertz CT molecular complexity index is 499. The number of hydrogen-bond donors (Lipinski definition) is 2. The van der Waals surface area contributed by atoms with Gasteiger partial charge in [-0.05, 0) is 26.0 Å². The van der Waals surface area contributed by atoms with Gasteiger partial charge in [-0.2, -0.15) is 0 Å². The van der Waals surface area contributed by atoms with Crippen LogP contribution in [0.15, 0.2) is 24.3 Å². The van der Waals surface area contributed by atoms with Crippen molar-refractivity contribution in [3.8, 4) is 0 Å². The zero-order valence-corrected chi connectivity index (χ0v) is 10.8. The first-order valence-corrected chi connectivity index (χ1v) is 5.74. The van der Waals surface area contributed by atoms with Gasteiger partial charge in [0.1, 0.15) is 6.54 Å². The van der Waals surface area contributed by atoms with Gasteiger partial charge in [0, 0.05) is 5.56 Å². The number of carbonyl (C=O) groups is 3. The molecule has 3 N–H and O–H groups in total. The van der Waals surface area contributed by atoms with E-state index in [2.05, 4.69) is 5.32 Å². The Kier molecular flexibility index (Phi) is 5.05. The van der Waals surface area contributed by atoms with Crippen LogP contribution in [0.4, 0.5) is 0 Å². The third kappa shape index (κ3) is 4.79. The van der Waals surface area contributed by atoms with E-state index in [9.17, 15) is 14.4 Å². The van der Waals surface area contributed by atoms with E-state index in [0.29, 0.717) is 5.56 Å². The number of nitrogens with two attached hydrogens (primary N) is 1. The van der Waals surface area contributed by atoms with Crippen LogP contribution in [-0.2, 0) is 14.3 Å². The van der Waals surface area contributed by atoms with Crippen LogP contribution in [0.1, 0.15) is 22.8 Å². The molecular weight excluding hydrogens is 248 g/mol. The van der Waals surface area contributed by atoms with Crippen molar-refractivity contribution < 1.29 is 19.1 Å². The number of ether oxygens (including phenoxy) is 1. The van der Waals surface area contributed by atoms with Gasteiger partial charge in [-0.1, -0.05) is 17.7 Å². The number of primary amides is 1. The maximum Gasteiger partial charge on any atom is 0.326 e. The number of carbonyl (C=O) groups excluding carboxylic acids is 3. The first-order chi connectivity index (χ1) is 8.90. The molecule has 0 saturated heterocycles. The molecule has 0 aliphatic heterocycles. The number of nitrogens with one attached hydrogen (secondary N) is 1. The minimum absolute atomic E-state index is 0.315. The van der Waals surface area contributed by atoms with Gasteiger partial charge in [0.15, 0.2) is 6.10 Å². The van der Waals surface area contributed by atoms with Crippen molar-refractivity contribution in [1.82, 2.24) is 5.32 Å². The summed E-state index contributed by atoms with van der Waals surface area (Å²) in [6.07, 6.45) is -1.01. The standard InChI is InChI=1S/C13H16N2O4/c1-8-4-3-5-10(6-8)13(18)15-7-11(16)19-9(2)12(14)17/h3-6,9H,7H2,1-2H3,(H2,14,17)(H,15,18)/t9-/m1/s1. The fourth-order valence-electron chi connectivity index (χ4n) is 1.34. The molecule has 0 heterocycles. The van der Waals surface area contributed by atoms with Crippen molar-refractivity contribution in [2.75, 3.05) is 6.54 Å². The summed E-state index contributed by atoms with van der Waals surface area (Å²) in [4.78, 5) is 33.7. The predicted octanol–water partition coefficient (Wildman–Crippen LogP) is 0.142. The van der Waals surface area contributed by atoms with Gasteiger partial charge in [0.25, 0.3) is 11.8 Å². The van der Waals surface area contributed by atoms with Crippen LogP contribution in [0.5, 0.6) is 0 Å². The van der Waals surface area contributed by atoms with Gasteiger partial charge >= 0.3 is 5.97 Å². The Morgan fingerprint density at radius 3 is 2.63 bits per heavy atom. The molecule has 0 unspecified atom stereocenters. The molecule has 0 radical (unpaired) electrons. The van der Waals surface area contributed by atoms with E-state index in [0.717, 1.165) is 5.56 Å². The molecule has 19 heavy (non-hydrogen) atoms. The number of esters is 1. The molecule has 102 valence electrons. The van der Waals surface area contributed by atoms with Gasteiger partial charge in [-0.3, -0.25) is 14.4 Å². The van der Waals surface area contributed by atoms with Gasteiger partial charge in [-0.15, -0.1) is 0 Å². The summed E-state index contributed by atoms with van der Waals surface area (Å²) in [5.41, 5.74) is 6.34. The van der Waals surface area contributed by atoms with Crippen LogP contribution >= 0.6 is 0 Å². The molecule has 1 aromatic carbocycles. The molecule has 0 saturated carbocycles. The van der Waals surface area contributed by atoms with Crippen LogP contribution in [0.3, 0.4) is 0 Å². The van der Waals surface area contributed by atoms with Crippen LogP contribution in [0.2, 0.25) is 0 Å². The summed E-state index contributed by atoms with van der Waals surface area (Å²) in [5, 5.41) is 2.40. The van der Waals surface area contributed by atoms with Crippen molar-refractivity contribution in [2.24, 2.45) is 5.73 Å². The lowest BCUT2D eigenvalue weighted by atomic mass is 10.1. The molecule has 0 fully saturated rings. The fourth-order valence-corrected chi connectivity index (χ4v) is 1.34. The first-order valence-electron chi connectivity index (χ1n) is 5.74. The highest BCUT2D eigenvalue weighted by atomic mass is 16.5. The SMILES string of the molecule is Cc1cccc(C(=O)NCC(=O)O[C@H](C)C(N)=O)c1. The summed E-state index contributed by atoms with van der Waals surface area (Å²) in [6.45, 7) is 2.91. The highest BCUT2D eigenvalue weighted by Gasteiger charge is 2.15. The van der Waals surface area contributed by atoms with Gasteiger partial charge < -0.3 is 15.8 Å². The maximum atomic E-state index is 11.7. The molecule has 0 aliphatic rings. The molecule has 0 aliphatic carbocycles. The number of amides is 2. The second kappa shape index (κ2) is 6.53. The molecule has 6 nitrogen and oxygen atoms in total. The second-order valence-corrected chi connectivity index (χ2v) is 4.09. The summed E-state index contributed by atoms with van der Waals surface area (Å²) in [6, 6.07) is 6.95. The van der Waals surface area contributed by atoms with Crippen LogP contribution in [-0.4, -0.2) is 30.4 Å². The topological polar surface area (TPSA) is 98.5 Å². The number of aryl methyl sites for hydroxylation is 1. The Morgan fingerprint density at radius 1 is 1.37 bits per heavy atom. The van der Waals surface area contributed by atoms with Crippen molar-refractivity contribution in [1.29, 1.82) is 0 Å². The zero-order chi connectivity index (χ0) is 14.4. The Hall–Kier alpha value is -2.37. The second-order valence-electron chi connectivity index (χ2n) is 4.09. The smallest absolute Gasteiger partial charge is 0.326 e. The minimum atomic E-state index is -1.01. The van der Waals surface area contributed by atoms with E-state index < -0.39 is 18.0 Å². The lowest BCUT2D eigenvalue weighted by Crippen LogP contribution is -2.36. The molecule has 6 heteroatoms. The van der Waals surface area contributed by atoms with Gasteiger partial charge in [0.2, 0.25) is 0 Å². The summed E-state index contributed by atoms with van der Waals surface area (Å²) >= 11 is 0. The lowest BCUT2D eigenvalue weighted by Gasteiger charge is -2.10. The number of hydrogen-bond acceptors (Lipinski definition) is 4. The van der Waals surface area contributed by atoms with E-state index in [4.69, 9.17) is 10.5 Å². The summed E-state index contributed by atoms with van der Waals surface area (Å²) < 4.78 is 4.69. The zero-order valence-electron chi connectivity index (χ0n) is 10.8. The molecule has 1 aromatic rings. The molecule has 1 rings (SSSR count). The number of benzene rings is 1. The number of rotatable bonds is 5. The van der Waals surface area contributed by atoms with Crippen molar-refractivity contribution >= 4 is 17.8 Å². The van der Waals surface area contributed by atoms with Crippen molar-refractivity contribution in [3.63, 3.8) is 0 Å². The molecule has 1 atom stereocenters. The van der Waals surface area contributed by atoms with Gasteiger partial charge in [-0.25, -0.2) is 0 Å². The van der Waals surface area contributed by atoms with Crippen molar-refractivity contribution in [3.05, 3.63) is 35.4 Å². The van der Waals surface area contributed by atoms with E-state index in [1.165, 1.54) is 6.92 Å². The molecule has 2 amide bonds. The first kappa shape index (κ1) is 14.7. The van der Waals surface area contributed by atoms with E-state index in [1.54, 1.807) is 18.2 Å². The van der Waals surface area contributed by atoms with Crippen LogP contribution in [0.25, 0.3) is 0 Å². The van der Waals surface area contributed by atoms with E-state index >= 15 is 0 Å².